The molecule has 0 aromatic carbocycles. The Hall–Kier alpha value is -0.570. The average molecular weight is 229 g/mol. The molecule has 1 N–H and O–H groups in total. The maximum Gasteiger partial charge on any atom is 0.228 e. The first-order chi connectivity index (χ1) is 6.99. The molecular weight excluding hydrogens is 202 g/mol. The lowest BCUT2D eigenvalue weighted by atomic mass is 9.86. The minimum atomic E-state index is -0.389. The van der Waals surface area contributed by atoms with Gasteiger partial charge in [-0.25, -0.2) is 0 Å². The van der Waals surface area contributed by atoms with E-state index < -0.39 is 0 Å². The molecule has 0 bridgehead atoms. The molecule has 0 saturated heterocycles. The van der Waals surface area contributed by atoms with Gasteiger partial charge in [0.2, 0.25) is 5.91 Å². The number of aliphatic hydroxyl groups is 1. The van der Waals surface area contributed by atoms with Crippen molar-refractivity contribution in [3.8, 4) is 0 Å². The lowest BCUT2D eigenvalue weighted by Crippen LogP contribution is -2.46. The molecular formula is C13H27NO2. The maximum absolute atomic E-state index is 12.1. The summed E-state index contributed by atoms with van der Waals surface area (Å²) in [6, 6.07) is -0.0910. The van der Waals surface area contributed by atoms with Crippen LogP contribution in [-0.4, -0.2) is 35.6 Å². The number of carbonyl (C=O) groups is 1. The van der Waals surface area contributed by atoms with Crippen LogP contribution in [0.3, 0.4) is 0 Å². The summed E-state index contributed by atoms with van der Waals surface area (Å²) < 4.78 is 0. The third-order valence-corrected chi connectivity index (χ3v) is 2.57. The first kappa shape index (κ1) is 15.4. The van der Waals surface area contributed by atoms with E-state index in [1.54, 1.807) is 11.9 Å². The number of likely N-dealkylation sites (N-methyl/N-ethyl adjacent to an activating group) is 1. The molecule has 0 aliphatic heterocycles. The zero-order chi connectivity index (χ0) is 13.1. The molecule has 0 saturated carbocycles. The van der Waals surface area contributed by atoms with Gasteiger partial charge in [-0.1, -0.05) is 41.5 Å². The smallest absolute Gasteiger partial charge is 0.228 e. The van der Waals surface area contributed by atoms with Crippen LogP contribution >= 0.6 is 0 Å². The average Bonchev–Trinajstić information content (AvgIpc) is 2.08. The summed E-state index contributed by atoms with van der Waals surface area (Å²) in [5.74, 6) is 0.0794. The van der Waals surface area contributed by atoms with Gasteiger partial charge in [-0.05, 0) is 11.8 Å². The SMILES string of the molecule is CN(C(=O)C(C)(C)C)[C@H](CO)CC(C)(C)C. The van der Waals surface area contributed by atoms with Crippen LogP contribution in [0.2, 0.25) is 0 Å². The molecule has 0 heterocycles. The van der Waals surface area contributed by atoms with Crippen LogP contribution in [0.4, 0.5) is 0 Å². The molecule has 96 valence electrons. The fraction of sp³-hybridized carbons (Fsp3) is 0.923. The number of amides is 1. The Bertz CT molecular complexity index is 235. The second-order valence-corrected chi connectivity index (χ2v) is 6.77. The molecule has 1 atom stereocenters. The fourth-order valence-corrected chi connectivity index (χ4v) is 1.73. The Morgan fingerprint density at radius 3 is 1.88 bits per heavy atom. The van der Waals surface area contributed by atoms with E-state index in [-0.39, 0.29) is 29.4 Å². The Kier molecular flexibility index (Phi) is 4.99. The van der Waals surface area contributed by atoms with E-state index in [1.165, 1.54) is 0 Å². The molecule has 0 spiro atoms. The van der Waals surface area contributed by atoms with Gasteiger partial charge >= 0.3 is 0 Å². The number of rotatable bonds is 3. The summed E-state index contributed by atoms with van der Waals surface area (Å²) in [6.07, 6.45) is 0.807. The lowest BCUT2D eigenvalue weighted by Gasteiger charge is -2.35. The molecule has 1 amide bonds. The summed E-state index contributed by atoms with van der Waals surface area (Å²) in [5.41, 5.74) is -0.278. The molecule has 0 rings (SSSR count). The van der Waals surface area contributed by atoms with Gasteiger partial charge in [0.1, 0.15) is 0 Å². The second-order valence-electron chi connectivity index (χ2n) is 6.77. The predicted octanol–water partition coefficient (Wildman–Crippen LogP) is 2.29. The summed E-state index contributed by atoms with van der Waals surface area (Å²) in [4.78, 5) is 13.8. The zero-order valence-electron chi connectivity index (χ0n) is 11.8. The topological polar surface area (TPSA) is 40.5 Å². The number of hydrogen-bond acceptors (Lipinski definition) is 2. The minimum absolute atomic E-state index is 0.0234. The van der Waals surface area contributed by atoms with Crippen molar-refractivity contribution in [2.45, 2.75) is 54.0 Å². The summed E-state index contributed by atoms with van der Waals surface area (Å²) in [6.45, 7) is 12.1. The van der Waals surface area contributed by atoms with Gasteiger partial charge in [0.15, 0.2) is 0 Å². The van der Waals surface area contributed by atoms with Crippen molar-refractivity contribution in [1.82, 2.24) is 4.90 Å². The van der Waals surface area contributed by atoms with E-state index in [0.717, 1.165) is 6.42 Å². The molecule has 0 aliphatic rings. The lowest BCUT2D eigenvalue weighted by molar-refractivity contribution is -0.141. The molecule has 0 aliphatic carbocycles. The quantitative estimate of drug-likeness (QED) is 0.806. The van der Waals surface area contributed by atoms with Crippen LogP contribution < -0.4 is 0 Å². The van der Waals surface area contributed by atoms with Gasteiger partial charge in [0.05, 0.1) is 12.6 Å². The number of aliphatic hydroxyl groups excluding tert-OH is 1. The van der Waals surface area contributed by atoms with Crippen molar-refractivity contribution in [2.75, 3.05) is 13.7 Å². The fourth-order valence-electron chi connectivity index (χ4n) is 1.73. The van der Waals surface area contributed by atoms with E-state index in [2.05, 4.69) is 20.8 Å². The standard InChI is InChI=1S/C13H27NO2/c1-12(2,3)8-10(9-15)14(7)11(16)13(4,5)6/h10,15H,8-9H2,1-7H3/t10-/m0/s1. The highest BCUT2D eigenvalue weighted by molar-refractivity contribution is 5.81. The van der Waals surface area contributed by atoms with Crippen molar-refractivity contribution in [3.05, 3.63) is 0 Å². The van der Waals surface area contributed by atoms with Gasteiger partial charge in [0.25, 0.3) is 0 Å². The molecule has 16 heavy (non-hydrogen) atoms. The summed E-state index contributed by atoms with van der Waals surface area (Å²) in [7, 11) is 1.78. The van der Waals surface area contributed by atoms with Crippen LogP contribution in [0.25, 0.3) is 0 Å². The van der Waals surface area contributed by atoms with Gasteiger partial charge < -0.3 is 10.0 Å². The largest absolute Gasteiger partial charge is 0.394 e. The normalized spacial score (nSPS) is 14.8. The van der Waals surface area contributed by atoms with Gasteiger partial charge in [0, 0.05) is 12.5 Å². The van der Waals surface area contributed by atoms with Crippen LogP contribution in [0.5, 0.6) is 0 Å². The summed E-state index contributed by atoms with van der Waals surface area (Å²) in [5, 5.41) is 9.38. The number of carbonyl (C=O) groups excluding carboxylic acids is 1. The van der Waals surface area contributed by atoms with Crippen LogP contribution in [-0.2, 0) is 4.79 Å². The zero-order valence-corrected chi connectivity index (χ0v) is 11.8. The maximum atomic E-state index is 12.1. The van der Waals surface area contributed by atoms with E-state index in [1.807, 2.05) is 20.8 Å². The van der Waals surface area contributed by atoms with Crippen molar-refractivity contribution in [2.24, 2.45) is 10.8 Å². The molecule has 0 aromatic heterocycles. The molecule has 3 heteroatoms. The van der Waals surface area contributed by atoms with Crippen LogP contribution in [0.1, 0.15) is 48.0 Å². The minimum Gasteiger partial charge on any atom is -0.394 e. The van der Waals surface area contributed by atoms with Crippen LogP contribution in [0, 0.1) is 10.8 Å². The number of hydrogen-bond donors (Lipinski definition) is 1. The summed E-state index contributed by atoms with van der Waals surface area (Å²) >= 11 is 0. The van der Waals surface area contributed by atoms with Gasteiger partial charge in [-0.2, -0.15) is 0 Å². The highest BCUT2D eigenvalue weighted by Gasteiger charge is 2.31. The van der Waals surface area contributed by atoms with Crippen LogP contribution in [0.15, 0.2) is 0 Å². The highest BCUT2D eigenvalue weighted by Crippen LogP contribution is 2.25. The highest BCUT2D eigenvalue weighted by atomic mass is 16.3. The van der Waals surface area contributed by atoms with Crippen molar-refractivity contribution in [1.29, 1.82) is 0 Å². The second kappa shape index (κ2) is 5.17. The van der Waals surface area contributed by atoms with Gasteiger partial charge in [-0.15, -0.1) is 0 Å². The molecule has 0 aromatic rings. The van der Waals surface area contributed by atoms with Crippen molar-refractivity contribution >= 4 is 5.91 Å². The van der Waals surface area contributed by atoms with Crippen molar-refractivity contribution in [3.63, 3.8) is 0 Å². The number of nitrogens with zero attached hydrogens (tertiary/aromatic N) is 1. The predicted molar refractivity (Wildman–Crippen MR) is 67.2 cm³/mol. The Balaban J connectivity index is 4.67. The van der Waals surface area contributed by atoms with Crippen molar-refractivity contribution < 1.29 is 9.90 Å². The van der Waals surface area contributed by atoms with E-state index in [0.29, 0.717) is 0 Å². The Morgan fingerprint density at radius 2 is 1.62 bits per heavy atom. The van der Waals surface area contributed by atoms with Gasteiger partial charge in [-0.3, -0.25) is 4.79 Å². The molecule has 0 unspecified atom stereocenters. The first-order valence-corrected chi connectivity index (χ1v) is 5.87. The molecule has 0 radical (unpaired) electrons. The van der Waals surface area contributed by atoms with E-state index in [4.69, 9.17) is 0 Å². The first-order valence-electron chi connectivity index (χ1n) is 5.87. The monoisotopic (exact) mass is 229 g/mol. The van der Waals surface area contributed by atoms with E-state index >= 15 is 0 Å². The Morgan fingerprint density at radius 1 is 1.19 bits per heavy atom. The molecule has 3 nitrogen and oxygen atoms in total. The third-order valence-electron chi connectivity index (χ3n) is 2.57. The Labute approximate surface area is 99.8 Å². The molecule has 0 fully saturated rings. The van der Waals surface area contributed by atoms with E-state index in [9.17, 15) is 9.90 Å². The third kappa shape index (κ3) is 4.97.